The van der Waals surface area contributed by atoms with Crippen molar-refractivity contribution in [3.8, 4) is 22.2 Å². The second kappa shape index (κ2) is 4.80. The lowest BCUT2D eigenvalue weighted by Crippen LogP contribution is -1.96. The summed E-state index contributed by atoms with van der Waals surface area (Å²) in [5.41, 5.74) is 1.45. The van der Waals surface area contributed by atoms with Crippen LogP contribution in [0.2, 0.25) is 0 Å². The molecule has 6 nitrogen and oxygen atoms in total. The predicted molar refractivity (Wildman–Crippen MR) is 74.0 cm³/mol. The van der Waals surface area contributed by atoms with Crippen molar-refractivity contribution in [3.63, 3.8) is 0 Å². The van der Waals surface area contributed by atoms with Crippen molar-refractivity contribution in [2.75, 3.05) is 6.26 Å². The maximum atomic E-state index is 11.3. The van der Waals surface area contributed by atoms with Crippen LogP contribution in [0.25, 0.3) is 22.2 Å². The molecule has 0 saturated carbocycles. The standard InChI is InChI=1S/C12H9N3O3S2/c1-20(16,17)12-15-14-10(18-12)9-7-19-11(13-9)8-5-3-2-4-6-8/h2-7H,1H3. The van der Waals surface area contributed by atoms with Crippen LogP contribution in [0.5, 0.6) is 0 Å². The number of hydrogen-bond donors (Lipinski definition) is 0. The van der Waals surface area contributed by atoms with E-state index in [-0.39, 0.29) is 5.89 Å². The fraction of sp³-hybridized carbons (Fsp3) is 0.0833. The third kappa shape index (κ3) is 2.47. The molecule has 0 aliphatic carbocycles. The van der Waals surface area contributed by atoms with E-state index in [0.717, 1.165) is 16.8 Å². The summed E-state index contributed by atoms with van der Waals surface area (Å²) in [6.45, 7) is 0. The van der Waals surface area contributed by atoms with Gasteiger partial charge in [0.15, 0.2) is 0 Å². The van der Waals surface area contributed by atoms with Gasteiger partial charge in [-0.25, -0.2) is 13.4 Å². The zero-order valence-corrected chi connectivity index (χ0v) is 12.0. The average Bonchev–Trinajstić information content (AvgIpc) is 3.08. The molecular formula is C12H9N3O3S2. The topological polar surface area (TPSA) is 86.0 Å². The van der Waals surface area contributed by atoms with Crippen molar-refractivity contribution in [3.05, 3.63) is 35.7 Å². The van der Waals surface area contributed by atoms with Gasteiger partial charge in [0.05, 0.1) is 0 Å². The lowest BCUT2D eigenvalue weighted by atomic mass is 10.2. The molecule has 0 fully saturated rings. The van der Waals surface area contributed by atoms with Gasteiger partial charge in [-0.05, 0) is 0 Å². The fourth-order valence-electron chi connectivity index (χ4n) is 1.55. The Hall–Kier alpha value is -2.06. The summed E-state index contributed by atoms with van der Waals surface area (Å²) in [6, 6.07) is 9.65. The van der Waals surface area contributed by atoms with Crippen molar-refractivity contribution in [2.45, 2.75) is 5.22 Å². The third-order valence-electron chi connectivity index (χ3n) is 2.47. The summed E-state index contributed by atoms with van der Waals surface area (Å²) in [5.74, 6) is 0.101. The molecule has 2 aromatic heterocycles. The molecule has 0 N–H and O–H groups in total. The molecule has 1 aromatic carbocycles. The van der Waals surface area contributed by atoms with Gasteiger partial charge in [0, 0.05) is 17.2 Å². The van der Waals surface area contributed by atoms with E-state index in [1.807, 2.05) is 30.3 Å². The molecular weight excluding hydrogens is 298 g/mol. The van der Waals surface area contributed by atoms with E-state index in [0.29, 0.717) is 5.69 Å². The van der Waals surface area contributed by atoms with Crippen LogP contribution in [0, 0.1) is 0 Å². The third-order valence-corrected chi connectivity index (χ3v) is 4.16. The van der Waals surface area contributed by atoms with Gasteiger partial charge in [0.2, 0.25) is 9.84 Å². The van der Waals surface area contributed by atoms with Gasteiger partial charge >= 0.3 is 5.22 Å². The first-order chi connectivity index (χ1) is 9.54. The Morgan fingerprint density at radius 3 is 2.55 bits per heavy atom. The van der Waals surface area contributed by atoms with Crippen LogP contribution in [0.15, 0.2) is 45.4 Å². The Kier molecular flexibility index (Phi) is 3.11. The molecule has 2 heterocycles. The predicted octanol–water partition coefficient (Wildman–Crippen LogP) is 2.26. The summed E-state index contributed by atoms with van der Waals surface area (Å²) < 4.78 is 27.7. The van der Waals surface area contributed by atoms with Crippen LogP contribution in [-0.2, 0) is 9.84 Å². The van der Waals surface area contributed by atoms with Crippen LogP contribution in [-0.4, -0.2) is 29.9 Å². The molecule has 3 aromatic rings. The van der Waals surface area contributed by atoms with Gasteiger partial charge in [-0.15, -0.1) is 16.4 Å². The summed E-state index contributed by atoms with van der Waals surface area (Å²) in [4.78, 5) is 4.37. The number of benzene rings is 1. The van der Waals surface area contributed by atoms with E-state index in [1.54, 1.807) is 5.38 Å². The van der Waals surface area contributed by atoms with Gasteiger partial charge in [0.1, 0.15) is 10.7 Å². The van der Waals surface area contributed by atoms with E-state index in [1.165, 1.54) is 11.3 Å². The van der Waals surface area contributed by atoms with Crippen molar-refractivity contribution < 1.29 is 12.8 Å². The summed E-state index contributed by atoms with van der Waals surface area (Å²) in [6.07, 6.45) is 1.01. The van der Waals surface area contributed by atoms with Gasteiger partial charge in [-0.2, -0.15) is 0 Å². The highest BCUT2D eigenvalue weighted by Gasteiger charge is 2.19. The molecule has 0 aliphatic heterocycles. The average molecular weight is 307 g/mol. The maximum Gasteiger partial charge on any atom is 0.335 e. The van der Waals surface area contributed by atoms with Crippen molar-refractivity contribution in [1.82, 2.24) is 15.2 Å². The molecule has 0 atom stereocenters. The molecule has 0 spiro atoms. The van der Waals surface area contributed by atoms with Crippen molar-refractivity contribution >= 4 is 21.2 Å². The van der Waals surface area contributed by atoms with Gasteiger partial charge in [-0.3, -0.25) is 0 Å². The summed E-state index contributed by atoms with van der Waals surface area (Å²) in [5, 5.41) is 9.37. The van der Waals surface area contributed by atoms with E-state index in [2.05, 4.69) is 15.2 Å². The van der Waals surface area contributed by atoms with Gasteiger partial charge in [0.25, 0.3) is 5.89 Å². The molecule has 102 valence electrons. The van der Waals surface area contributed by atoms with Crippen LogP contribution < -0.4 is 0 Å². The Bertz CT molecular complexity index is 838. The lowest BCUT2D eigenvalue weighted by molar-refractivity contribution is 0.441. The van der Waals surface area contributed by atoms with E-state index >= 15 is 0 Å². The zero-order chi connectivity index (χ0) is 14.2. The first-order valence-electron chi connectivity index (χ1n) is 5.59. The van der Waals surface area contributed by atoms with Gasteiger partial charge < -0.3 is 4.42 Å². The SMILES string of the molecule is CS(=O)(=O)c1nnc(-c2csc(-c3ccccc3)n2)o1. The number of rotatable bonds is 3. The molecule has 0 bridgehead atoms. The van der Waals surface area contributed by atoms with Gasteiger partial charge in [-0.1, -0.05) is 35.4 Å². The maximum absolute atomic E-state index is 11.3. The smallest absolute Gasteiger partial charge is 0.335 e. The van der Waals surface area contributed by atoms with E-state index in [9.17, 15) is 8.42 Å². The van der Waals surface area contributed by atoms with Crippen molar-refractivity contribution in [2.24, 2.45) is 0 Å². The Morgan fingerprint density at radius 2 is 1.90 bits per heavy atom. The number of sulfone groups is 1. The first kappa shape index (κ1) is 12.9. The second-order valence-electron chi connectivity index (χ2n) is 4.05. The number of hydrogen-bond acceptors (Lipinski definition) is 7. The van der Waals surface area contributed by atoms with Crippen LogP contribution >= 0.6 is 11.3 Å². The molecule has 0 unspecified atom stereocenters. The fourth-order valence-corrected chi connectivity index (χ4v) is 2.77. The monoisotopic (exact) mass is 307 g/mol. The van der Waals surface area contributed by atoms with E-state index in [4.69, 9.17) is 4.42 Å². The van der Waals surface area contributed by atoms with Crippen LogP contribution in [0.3, 0.4) is 0 Å². The summed E-state index contributed by atoms with van der Waals surface area (Å²) >= 11 is 1.43. The Morgan fingerprint density at radius 1 is 1.15 bits per heavy atom. The zero-order valence-electron chi connectivity index (χ0n) is 10.3. The highest BCUT2D eigenvalue weighted by molar-refractivity contribution is 7.90. The number of thiazole rings is 1. The van der Waals surface area contributed by atoms with Crippen LogP contribution in [0.1, 0.15) is 0 Å². The molecule has 0 saturated heterocycles. The van der Waals surface area contributed by atoms with Crippen molar-refractivity contribution in [1.29, 1.82) is 0 Å². The van der Waals surface area contributed by atoms with E-state index < -0.39 is 15.1 Å². The Labute approximate surface area is 119 Å². The van der Waals surface area contributed by atoms with Crippen LogP contribution in [0.4, 0.5) is 0 Å². The highest BCUT2D eigenvalue weighted by Crippen LogP contribution is 2.28. The lowest BCUT2D eigenvalue weighted by Gasteiger charge is -1.93. The minimum atomic E-state index is -3.50. The molecule has 20 heavy (non-hydrogen) atoms. The molecule has 0 amide bonds. The minimum Gasteiger partial charge on any atom is -0.406 e. The molecule has 8 heteroatoms. The number of nitrogens with zero attached hydrogens (tertiary/aromatic N) is 3. The quantitative estimate of drug-likeness (QED) is 0.737. The Balaban J connectivity index is 1.97. The molecule has 0 aliphatic rings. The first-order valence-corrected chi connectivity index (χ1v) is 8.36. The minimum absolute atomic E-state index is 0.101. The normalized spacial score (nSPS) is 11.7. The highest BCUT2D eigenvalue weighted by atomic mass is 32.2. The molecule has 3 rings (SSSR count). The number of aromatic nitrogens is 3. The second-order valence-corrected chi connectivity index (χ2v) is 6.80. The molecule has 0 radical (unpaired) electrons. The largest absolute Gasteiger partial charge is 0.406 e. The summed E-state index contributed by atoms with van der Waals surface area (Å²) in [7, 11) is -3.50.